The van der Waals surface area contributed by atoms with E-state index in [4.69, 9.17) is 4.74 Å². The van der Waals surface area contributed by atoms with Crippen LogP contribution in [0.4, 0.5) is 0 Å². The van der Waals surface area contributed by atoms with Crippen LogP contribution in [-0.4, -0.2) is 17.2 Å². The number of fused-ring (bicyclic) bond motifs is 1. The average molecular weight is 234 g/mol. The predicted molar refractivity (Wildman–Crippen MR) is 65.3 cm³/mol. The number of rotatable bonds is 2. The van der Waals surface area contributed by atoms with E-state index in [9.17, 15) is 9.90 Å². The van der Waals surface area contributed by atoms with Gasteiger partial charge in [-0.3, -0.25) is 4.79 Å². The van der Waals surface area contributed by atoms with E-state index in [0.29, 0.717) is 6.42 Å². The quantitative estimate of drug-likeness (QED) is 0.855. The van der Waals surface area contributed by atoms with E-state index in [2.05, 4.69) is 0 Å². The Labute approximate surface area is 101 Å². The van der Waals surface area contributed by atoms with Gasteiger partial charge < -0.3 is 9.84 Å². The molecule has 1 heterocycles. The van der Waals surface area contributed by atoms with Crippen molar-refractivity contribution in [1.29, 1.82) is 0 Å². The molecule has 3 heteroatoms. The van der Waals surface area contributed by atoms with Crippen LogP contribution < -0.4 is 4.74 Å². The van der Waals surface area contributed by atoms with E-state index in [1.165, 1.54) is 0 Å². The molecule has 0 amide bonds. The lowest BCUT2D eigenvalue weighted by Crippen LogP contribution is -2.41. The number of carboxylic acids is 1. The first-order valence-electron chi connectivity index (χ1n) is 5.98. The molecule has 1 aromatic carbocycles. The molecule has 0 bridgehead atoms. The summed E-state index contributed by atoms with van der Waals surface area (Å²) in [5.41, 5.74) is 2.14. The van der Waals surface area contributed by atoms with Gasteiger partial charge in [0.05, 0.1) is 5.92 Å². The first kappa shape index (κ1) is 12.0. The van der Waals surface area contributed by atoms with Gasteiger partial charge in [0.2, 0.25) is 0 Å². The first-order valence-corrected chi connectivity index (χ1v) is 5.98. The fraction of sp³-hybridized carbons (Fsp3) is 0.500. The molecule has 3 nitrogen and oxygen atoms in total. The molecule has 1 aliphatic rings. The van der Waals surface area contributed by atoms with Crippen molar-refractivity contribution in [1.82, 2.24) is 0 Å². The minimum Gasteiger partial charge on any atom is -0.489 e. The number of hydrogen-bond donors (Lipinski definition) is 1. The lowest BCUT2D eigenvalue weighted by atomic mass is 9.85. The largest absolute Gasteiger partial charge is 0.489 e. The first-order chi connectivity index (χ1) is 7.99. The summed E-state index contributed by atoms with van der Waals surface area (Å²) in [5.74, 6) is -0.161. The number of hydrogen-bond acceptors (Lipinski definition) is 2. The Bertz CT molecular complexity index is 437. The molecular weight excluding hydrogens is 216 g/mol. The molecule has 0 saturated heterocycles. The van der Waals surface area contributed by atoms with Crippen molar-refractivity contribution < 1.29 is 14.6 Å². The van der Waals surface area contributed by atoms with Crippen LogP contribution in [0.1, 0.15) is 25.0 Å². The lowest BCUT2D eigenvalue weighted by molar-refractivity contribution is -0.146. The smallest absolute Gasteiger partial charge is 0.310 e. The zero-order valence-electron chi connectivity index (χ0n) is 10.4. The molecule has 92 valence electrons. The molecule has 0 spiro atoms. The number of carboxylic acid groups (broad SMARTS) is 1. The Balaban J connectivity index is 2.36. The monoisotopic (exact) mass is 234 g/mol. The van der Waals surface area contributed by atoms with Crippen LogP contribution in [0.3, 0.4) is 0 Å². The number of ether oxygens (including phenoxy) is 1. The standard InChI is InChI=1S/C14H18O3/c1-8(2)13-11(14(15)16)7-10-5-4-9(3)6-12(10)17-13/h4-6,8,11,13H,7H2,1-3H3,(H,15,16). The SMILES string of the molecule is Cc1ccc2c(c1)OC(C(C)C)C(C(=O)O)C2. The van der Waals surface area contributed by atoms with Crippen LogP contribution in [0, 0.1) is 18.8 Å². The highest BCUT2D eigenvalue weighted by molar-refractivity contribution is 5.72. The van der Waals surface area contributed by atoms with Crippen molar-refractivity contribution in [2.75, 3.05) is 0 Å². The highest BCUT2D eigenvalue weighted by Gasteiger charge is 2.36. The van der Waals surface area contributed by atoms with Crippen LogP contribution >= 0.6 is 0 Å². The Morgan fingerprint density at radius 3 is 2.76 bits per heavy atom. The second kappa shape index (κ2) is 4.40. The number of aliphatic carboxylic acids is 1. The summed E-state index contributed by atoms with van der Waals surface area (Å²) < 4.78 is 5.87. The van der Waals surface area contributed by atoms with Crippen molar-refractivity contribution in [3.8, 4) is 5.75 Å². The third kappa shape index (κ3) is 2.28. The van der Waals surface area contributed by atoms with Gasteiger partial charge in [0.25, 0.3) is 0 Å². The summed E-state index contributed by atoms with van der Waals surface area (Å²) in [7, 11) is 0. The van der Waals surface area contributed by atoms with Gasteiger partial charge in [0.15, 0.2) is 0 Å². The van der Waals surface area contributed by atoms with Crippen LogP contribution in [0.25, 0.3) is 0 Å². The molecule has 0 aliphatic carbocycles. The molecular formula is C14H18O3. The van der Waals surface area contributed by atoms with Gasteiger partial charge in [-0.1, -0.05) is 26.0 Å². The maximum Gasteiger partial charge on any atom is 0.310 e. The maximum atomic E-state index is 11.3. The molecule has 2 rings (SSSR count). The van der Waals surface area contributed by atoms with E-state index >= 15 is 0 Å². The zero-order chi connectivity index (χ0) is 12.6. The predicted octanol–water partition coefficient (Wildman–Crippen LogP) is 2.66. The molecule has 2 atom stereocenters. The van der Waals surface area contributed by atoms with Gasteiger partial charge in [-0.2, -0.15) is 0 Å². The fourth-order valence-electron chi connectivity index (χ4n) is 2.35. The topological polar surface area (TPSA) is 46.5 Å². The molecule has 0 aromatic heterocycles. The van der Waals surface area contributed by atoms with Crippen molar-refractivity contribution in [3.05, 3.63) is 29.3 Å². The Kier molecular flexibility index (Phi) is 3.09. The summed E-state index contributed by atoms with van der Waals surface area (Å²) in [4.78, 5) is 11.3. The molecule has 0 saturated carbocycles. The normalized spacial score (nSPS) is 23.1. The lowest BCUT2D eigenvalue weighted by Gasteiger charge is -2.33. The minimum absolute atomic E-state index is 0.199. The molecule has 0 fully saturated rings. The zero-order valence-corrected chi connectivity index (χ0v) is 10.4. The van der Waals surface area contributed by atoms with E-state index in [-0.39, 0.29) is 12.0 Å². The van der Waals surface area contributed by atoms with Crippen LogP contribution in [0.2, 0.25) is 0 Å². The van der Waals surface area contributed by atoms with Crippen LogP contribution in [-0.2, 0) is 11.2 Å². The second-order valence-electron chi connectivity index (χ2n) is 5.09. The molecule has 1 aliphatic heterocycles. The highest BCUT2D eigenvalue weighted by Crippen LogP contribution is 2.34. The van der Waals surface area contributed by atoms with Gasteiger partial charge in [0.1, 0.15) is 11.9 Å². The summed E-state index contributed by atoms with van der Waals surface area (Å²) in [5, 5.41) is 9.26. The van der Waals surface area contributed by atoms with Gasteiger partial charge in [-0.25, -0.2) is 0 Å². The summed E-state index contributed by atoms with van der Waals surface area (Å²) in [6.07, 6.45) is 0.329. The van der Waals surface area contributed by atoms with Crippen LogP contribution in [0.15, 0.2) is 18.2 Å². The summed E-state index contributed by atoms with van der Waals surface area (Å²) >= 11 is 0. The summed E-state index contributed by atoms with van der Waals surface area (Å²) in [6.45, 7) is 6.01. The third-order valence-corrected chi connectivity index (χ3v) is 3.30. The van der Waals surface area contributed by atoms with Crippen molar-refractivity contribution in [3.63, 3.8) is 0 Å². The molecule has 1 N–H and O–H groups in total. The van der Waals surface area contributed by atoms with E-state index < -0.39 is 11.9 Å². The molecule has 1 aromatic rings. The van der Waals surface area contributed by atoms with E-state index in [1.807, 2.05) is 39.0 Å². The average Bonchev–Trinajstić information content (AvgIpc) is 2.26. The maximum absolute atomic E-state index is 11.3. The Hall–Kier alpha value is -1.51. The Morgan fingerprint density at radius 2 is 2.18 bits per heavy atom. The number of aryl methyl sites for hydroxylation is 1. The fourth-order valence-corrected chi connectivity index (χ4v) is 2.35. The van der Waals surface area contributed by atoms with Gasteiger partial charge >= 0.3 is 5.97 Å². The van der Waals surface area contributed by atoms with E-state index in [0.717, 1.165) is 16.9 Å². The van der Waals surface area contributed by atoms with Crippen molar-refractivity contribution in [2.45, 2.75) is 33.3 Å². The van der Waals surface area contributed by atoms with Gasteiger partial charge in [0, 0.05) is 0 Å². The molecule has 17 heavy (non-hydrogen) atoms. The second-order valence-corrected chi connectivity index (χ2v) is 5.09. The van der Waals surface area contributed by atoms with Gasteiger partial charge in [-0.15, -0.1) is 0 Å². The number of carbonyl (C=O) groups is 1. The minimum atomic E-state index is -0.769. The van der Waals surface area contributed by atoms with Crippen LogP contribution in [0.5, 0.6) is 5.75 Å². The van der Waals surface area contributed by atoms with Crippen molar-refractivity contribution >= 4 is 5.97 Å². The van der Waals surface area contributed by atoms with E-state index in [1.54, 1.807) is 0 Å². The molecule has 2 unspecified atom stereocenters. The van der Waals surface area contributed by atoms with Gasteiger partial charge in [-0.05, 0) is 36.5 Å². The number of benzene rings is 1. The summed E-state index contributed by atoms with van der Waals surface area (Å²) in [6, 6.07) is 5.96. The van der Waals surface area contributed by atoms with Crippen molar-refractivity contribution in [2.24, 2.45) is 11.8 Å². The Morgan fingerprint density at radius 1 is 1.47 bits per heavy atom. The molecule has 0 radical (unpaired) electrons. The highest BCUT2D eigenvalue weighted by atomic mass is 16.5. The third-order valence-electron chi connectivity index (χ3n) is 3.30.